The Morgan fingerprint density at radius 1 is 1.08 bits per heavy atom. The summed E-state index contributed by atoms with van der Waals surface area (Å²) in [5, 5.41) is 6.19. The Morgan fingerprint density at radius 3 is 2.81 bits per heavy atom. The minimum absolute atomic E-state index is 0.251. The van der Waals surface area contributed by atoms with Crippen molar-refractivity contribution >= 4 is 10.8 Å². The van der Waals surface area contributed by atoms with Gasteiger partial charge in [-0.05, 0) is 42.6 Å². The highest BCUT2D eigenvalue weighted by atomic mass is 16.5. The van der Waals surface area contributed by atoms with Crippen LogP contribution in [0.4, 0.5) is 0 Å². The molecule has 1 fully saturated rings. The van der Waals surface area contributed by atoms with E-state index in [1.165, 1.54) is 48.4 Å². The molecule has 0 bridgehead atoms. The molecule has 0 radical (unpaired) electrons. The van der Waals surface area contributed by atoms with Gasteiger partial charge in [0.25, 0.3) is 0 Å². The molecule has 0 saturated carbocycles. The fraction of sp³-hybridized carbons (Fsp3) is 0.565. The predicted octanol–water partition coefficient (Wildman–Crippen LogP) is 5.46. The van der Waals surface area contributed by atoms with Crippen molar-refractivity contribution in [2.75, 3.05) is 19.8 Å². The molecule has 1 N–H and O–H groups in total. The maximum atomic E-state index is 6.17. The third kappa shape index (κ3) is 5.46. The zero-order valence-corrected chi connectivity index (χ0v) is 16.1. The van der Waals surface area contributed by atoms with E-state index in [2.05, 4.69) is 48.6 Å². The van der Waals surface area contributed by atoms with E-state index < -0.39 is 0 Å². The molecule has 3 heteroatoms. The highest BCUT2D eigenvalue weighted by molar-refractivity contribution is 5.87. The van der Waals surface area contributed by atoms with Gasteiger partial charge in [-0.15, -0.1) is 0 Å². The van der Waals surface area contributed by atoms with Crippen molar-refractivity contribution in [3.05, 3.63) is 42.0 Å². The van der Waals surface area contributed by atoms with Crippen LogP contribution in [0.25, 0.3) is 10.8 Å². The van der Waals surface area contributed by atoms with Crippen LogP contribution >= 0.6 is 0 Å². The first-order valence-electron chi connectivity index (χ1n) is 10.3. The topological polar surface area (TPSA) is 30.5 Å². The summed E-state index contributed by atoms with van der Waals surface area (Å²) in [5.41, 5.74) is 1.27. The lowest BCUT2D eigenvalue weighted by Crippen LogP contribution is -2.19. The first-order valence-corrected chi connectivity index (χ1v) is 10.3. The number of ether oxygens (including phenoxy) is 2. The average Bonchev–Trinajstić information content (AvgIpc) is 3.19. The maximum absolute atomic E-state index is 6.17. The van der Waals surface area contributed by atoms with Gasteiger partial charge in [-0.1, -0.05) is 62.9 Å². The second-order valence-electron chi connectivity index (χ2n) is 7.30. The molecule has 1 aliphatic rings. The second kappa shape index (κ2) is 10.5. The number of benzene rings is 2. The molecule has 1 aliphatic heterocycles. The molecule has 1 unspecified atom stereocenters. The number of nitrogens with one attached hydrogen (secondary N) is 1. The number of hydrogen-bond acceptors (Lipinski definition) is 3. The zero-order valence-electron chi connectivity index (χ0n) is 16.1. The van der Waals surface area contributed by atoms with Gasteiger partial charge < -0.3 is 14.8 Å². The Bertz CT molecular complexity index is 664. The molecule has 3 nitrogen and oxygen atoms in total. The molecule has 1 heterocycles. The summed E-state index contributed by atoms with van der Waals surface area (Å²) >= 11 is 0. The molecule has 1 saturated heterocycles. The van der Waals surface area contributed by atoms with Crippen LogP contribution in [-0.2, 0) is 11.3 Å². The lowest BCUT2D eigenvalue weighted by atomic mass is 10.0. The van der Waals surface area contributed by atoms with Crippen LogP contribution in [0.15, 0.2) is 36.4 Å². The lowest BCUT2D eigenvalue weighted by Gasteiger charge is -2.17. The predicted molar refractivity (Wildman–Crippen MR) is 109 cm³/mol. The Morgan fingerprint density at radius 2 is 1.96 bits per heavy atom. The molecule has 3 rings (SSSR count). The third-order valence-corrected chi connectivity index (χ3v) is 5.21. The molecular weight excluding hydrogens is 322 g/mol. The first kappa shape index (κ1) is 19.2. The van der Waals surface area contributed by atoms with Gasteiger partial charge in [0, 0.05) is 18.7 Å². The summed E-state index contributed by atoms with van der Waals surface area (Å²) in [6.07, 6.45) is 9.08. The van der Waals surface area contributed by atoms with Gasteiger partial charge in [0.1, 0.15) is 12.4 Å². The molecule has 1 atom stereocenters. The quantitative estimate of drug-likeness (QED) is 0.543. The SMILES string of the molecule is CCCCCCCNCc1c(OCC2CCCO2)ccc2ccccc12. The number of fused-ring (bicyclic) bond motifs is 1. The average molecular weight is 356 g/mol. The number of rotatable bonds is 11. The van der Waals surface area contributed by atoms with E-state index in [0.29, 0.717) is 6.61 Å². The minimum atomic E-state index is 0.251. The van der Waals surface area contributed by atoms with E-state index in [1.807, 2.05) is 0 Å². The van der Waals surface area contributed by atoms with Crippen molar-refractivity contribution in [3.8, 4) is 5.75 Å². The van der Waals surface area contributed by atoms with Crippen molar-refractivity contribution in [2.45, 2.75) is 64.5 Å². The monoisotopic (exact) mass is 355 g/mol. The number of unbranched alkanes of at least 4 members (excludes halogenated alkanes) is 4. The third-order valence-electron chi connectivity index (χ3n) is 5.21. The summed E-state index contributed by atoms with van der Waals surface area (Å²) in [7, 11) is 0. The van der Waals surface area contributed by atoms with Gasteiger partial charge in [0.05, 0.1) is 6.10 Å². The van der Waals surface area contributed by atoms with E-state index in [9.17, 15) is 0 Å². The van der Waals surface area contributed by atoms with Gasteiger partial charge in [-0.2, -0.15) is 0 Å². The Labute approximate surface area is 158 Å². The van der Waals surface area contributed by atoms with Gasteiger partial charge >= 0.3 is 0 Å². The summed E-state index contributed by atoms with van der Waals surface area (Å²) in [4.78, 5) is 0. The van der Waals surface area contributed by atoms with Gasteiger partial charge in [-0.25, -0.2) is 0 Å². The fourth-order valence-electron chi connectivity index (χ4n) is 3.66. The van der Waals surface area contributed by atoms with Gasteiger partial charge in [0.15, 0.2) is 0 Å². The van der Waals surface area contributed by atoms with E-state index in [1.54, 1.807) is 0 Å². The molecular formula is C23H33NO2. The van der Waals surface area contributed by atoms with E-state index >= 15 is 0 Å². The second-order valence-corrected chi connectivity index (χ2v) is 7.30. The molecule has 26 heavy (non-hydrogen) atoms. The summed E-state index contributed by atoms with van der Waals surface area (Å²) in [5.74, 6) is 0.998. The Hall–Kier alpha value is -1.58. The molecule has 0 amide bonds. The van der Waals surface area contributed by atoms with Gasteiger partial charge in [-0.3, -0.25) is 0 Å². The van der Waals surface area contributed by atoms with Crippen molar-refractivity contribution in [1.29, 1.82) is 0 Å². The largest absolute Gasteiger partial charge is 0.491 e. The van der Waals surface area contributed by atoms with Crippen LogP contribution in [0.1, 0.15) is 57.4 Å². The molecule has 0 aliphatic carbocycles. The van der Waals surface area contributed by atoms with Crippen LogP contribution < -0.4 is 10.1 Å². The smallest absolute Gasteiger partial charge is 0.124 e. The van der Waals surface area contributed by atoms with Crippen molar-refractivity contribution in [2.24, 2.45) is 0 Å². The standard InChI is InChI=1S/C23H33NO2/c1-2-3-4-5-8-15-24-17-22-21-12-7-6-10-19(21)13-14-23(22)26-18-20-11-9-16-25-20/h6-7,10,12-14,20,24H,2-5,8-9,11,15-18H2,1H3. The zero-order chi connectivity index (χ0) is 18.0. The molecule has 0 spiro atoms. The fourth-order valence-corrected chi connectivity index (χ4v) is 3.66. The highest BCUT2D eigenvalue weighted by Gasteiger charge is 2.17. The van der Waals surface area contributed by atoms with Gasteiger partial charge in [0.2, 0.25) is 0 Å². The van der Waals surface area contributed by atoms with Crippen LogP contribution in [0.5, 0.6) is 5.75 Å². The van der Waals surface area contributed by atoms with E-state index in [4.69, 9.17) is 9.47 Å². The van der Waals surface area contributed by atoms with Crippen LogP contribution in [0.2, 0.25) is 0 Å². The Kier molecular flexibility index (Phi) is 7.78. The summed E-state index contributed by atoms with van der Waals surface area (Å²) in [6, 6.07) is 12.9. The molecule has 2 aromatic carbocycles. The highest BCUT2D eigenvalue weighted by Crippen LogP contribution is 2.29. The van der Waals surface area contributed by atoms with Crippen LogP contribution in [-0.4, -0.2) is 25.9 Å². The normalized spacial score (nSPS) is 17.0. The van der Waals surface area contributed by atoms with E-state index in [-0.39, 0.29) is 6.10 Å². The molecule has 0 aromatic heterocycles. The summed E-state index contributed by atoms with van der Waals surface area (Å²) < 4.78 is 11.9. The first-order chi connectivity index (χ1) is 12.9. The molecule has 2 aromatic rings. The van der Waals surface area contributed by atoms with Crippen LogP contribution in [0.3, 0.4) is 0 Å². The number of hydrogen-bond donors (Lipinski definition) is 1. The Balaban J connectivity index is 1.61. The van der Waals surface area contributed by atoms with Crippen LogP contribution in [0, 0.1) is 0 Å². The molecule has 142 valence electrons. The lowest BCUT2D eigenvalue weighted by molar-refractivity contribution is 0.0676. The summed E-state index contributed by atoms with van der Waals surface area (Å²) in [6.45, 7) is 5.71. The maximum Gasteiger partial charge on any atom is 0.124 e. The minimum Gasteiger partial charge on any atom is -0.491 e. The van der Waals surface area contributed by atoms with Crippen molar-refractivity contribution in [1.82, 2.24) is 5.32 Å². The van der Waals surface area contributed by atoms with Crippen molar-refractivity contribution < 1.29 is 9.47 Å². The van der Waals surface area contributed by atoms with E-state index in [0.717, 1.165) is 38.3 Å². The van der Waals surface area contributed by atoms with Crippen molar-refractivity contribution in [3.63, 3.8) is 0 Å².